The molecule has 90 valence electrons. The number of thioether (sulfide) groups is 1. The number of methoxy groups -OCH3 is 1. The fourth-order valence-electron chi connectivity index (χ4n) is 1.04. The molecule has 0 saturated carbocycles. The molecule has 0 aromatic rings. The van der Waals surface area contributed by atoms with Gasteiger partial charge in [0.1, 0.15) is 5.54 Å². The van der Waals surface area contributed by atoms with E-state index in [9.17, 15) is 4.79 Å². The number of nitrogens with one attached hydrogen (secondary N) is 1. The molecule has 0 aromatic carbocycles. The van der Waals surface area contributed by atoms with E-state index in [2.05, 4.69) is 19.2 Å². The van der Waals surface area contributed by atoms with Crippen LogP contribution in [0.2, 0.25) is 0 Å². The molecule has 0 radical (unpaired) electrons. The number of hydrogen-bond donors (Lipinski definition) is 1. The highest BCUT2D eigenvalue weighted by molar-refractivity contribution is 7.99. The second kappa shape index (κ2) is 7.12. The van der Waals surface area contributed by atoms with Crippen molar-refractivity contribution in [3.63, 3.8) is 0 Å². The summed E-state index contributed by atoms with van der Waals surface area (Å²) in [7, 11) is 3.22. The zero-order valence-corrected chi connectivity index (χ0v) is 11.2. The molecule has 15 heavy (non-hydrogen) atoms. The number of rotatable bonds is 7. The van der Waals surface area contributed by atoms with Gasteiger partial charge in [-0.2, -0.15) is 11.8 Å². The number of carbonyl (C=O) groups is 1. The maximum atomic E-state index is 11.5. The minimum Gasteiger partial charge on any atom is -0.468 e. The lowest BCUT2D eigenvalue weighted by molar-refractivity contribution is -0.146. The van der Waals surface area contributed by atoms with E-state index in [0.717, 1.165) is 11.5 Å². The number of likely N-dealkylation sites (N-methyl/N-ethyl adjacent to an activating group) is 1. The van der Waals surface area contributed by atoms with Crippen LogP contribution >= 0.6 is 11.8 Å². The van der Waals surface area contributed by atoms with Crippen molar-refractivity contribution in [3.05, 3.63) is 0 Å². The Morgan fingerprint density at radius 2 is 2.20 bits per heavy atom. The average Bonchev–Trinajstić information content (AvgIpc) is 2.27. The fraction of sp³-hybridized carbons (Fsp3) is 0.909. The maximum absolute atomic E-state index is 11.5. The Kier molecular flexibility index (Phi) is 7.02. The molecule has 0 spiro atoms. The van der Waals surface area contributed by atoms with Gasteiger partial charge in [-0.3, -0.25) is 4.79 Å². The van der Waals surface area contributed by atoms with Crippen LogP contribution in [0.3, 0.4) is 0 Å². The van der Waals surface area contributed by atoms with Crippen molar-refractivity contribution in [2.75, 3.05) is 25.7 Å². The zero-order chi connectivity index (χ0) is 11.9. The fourth-order valence-corrected chi connectivity index (χ4v) is 2.47. The van der Waals surface area contributed by atoms with Crippen molar-refractivity contribution in [1.29, 1.82) is 0 Å². The van der Waals surface area contributed by atoms with Crippen molar-refractivity contribution in [2.45, 2.75) is 32.7 Å². The van der Waals surface area contributed by atoms with Crippen LogP contribution in [0.15, 0.2) is 0 Å². The molecular formula is C11H23NO2S. The Morgan fingerprint density at radius 3 is 2.60 bits per heavy atom. The van der Waals surface area contributed by atoms with Crippen LogP contribution in [0.1, 0.15) is 27.2 Å². The van der Waals surface area contributed by atoms with Crippen LogP contribution in [-0.2, 0) is 9.53 Å². The summed E-state index contributed by atoms with van der Waals surface area (Å²) in [6, 6.07) is 0. The number of carbonyl (C=O) groups excluding carboxylic acids is 1. The van der Waals surface area contributed by atoms with Gasteiger partial charge in [0.15, 0.2) is 0 Å². The summed E-state index contributed by atoms with van der Waals surface area (Å²) in [4.78, 5) is 11.5. The van der Waals surface area contributed by atoms with E-state index < -0.39 is 5.54 Å². The first-order valence-corrected chi connectivity index (χ1v) is 6.50. The van der Waals surface area contributed by atoms with Crippen molar-refractivity contribution in [1.82, 2.24) is 5.32 Å². The SMILES string of the molecule is CCC(C)CSCC(C)(NC)C(=O)OC. The van der Waals surface area contributed by atoms with E-state index in [1.54, 1.807) is 18.8 Å². The first-order chi connectivity index (χ1) is 7.00. The molecule has 1 N–H and O–H groups in total. The molecule has 4 heteroatoms. The molecule has 0 heterocycles. The first-order valence-electron chi connectivity index (χ1n) is 5.35. The summed E-state index contributed by atoms with van der Waals surface area (Å²) in [5.74, 6) is 2.35. The van der Waals surface area contributed by atoms with Crippen LogP contribution < -0.4 is 5.32 Å². The molecule has 0 fully saturated rings. The van der Waals surface area contributed by atoms with Crippen molar-refractivity contribution in [2.24, 2.45) is 5.92 Å². The van der Waals surface area contributed by atoms with Gasteiger partial charge < -0.3 is 10.1 Å². The van der Waals surface area contributed by atoms with E-state index in [-0.39, 0.29) is 5.97 Å². The maximum Gasteiger partial charge on any atom is 0.326 e. The topological polar surface area (TPSA) is 38.3 Å². The predicted molar refractivity (Wildman–Crippen MR) is 66.3 cm³/mol. The third-order valence-corrected chi connectivity index (χ3v) is 4.26. The lowest BCUT2D eigenvalue weighted by Gasteiger charge is -2.26. The first kappa shape index (κ1) is 14.8. The molecule has 2 unspecified atom stereocenters. The number of hydrogen-bond acceptors (Lipinski definition) is 4. The van der Waals surface area contributed by atoms with Crippen molar-refractivity contribution in [3.8, 4) is 0 Å². The molecule has 0 aliphatic rings. The van der Waals surface area contributed by atoms with Crippen LogP contribution in [-0.4, -0.2) is 37.2 Å². The molecule has 0 aliphatic carbocycles. The third kappa shape index (κ3) is 4.89. The molecule has 0 bridgehead atoms. The molecule has 0 rings (SSSR count). The summed E-state index contributed by atoms with van der Waals surface area (Å²) in [6.07, 6.45) is 1.18. The predicted octanol–water partition coefficient (Wildman–Crippen LogP) is 1.92. The Hall–Kier alpha value is -0.220. The van der Waals surface area contributed by atoms with Gasteiger partial charge in [0.25, 0.3) is 0 Å². The molecule has 0 saturated heterocycles. The summed E-state index contributed by atoms with van der Waals surface area (Å²) < 4.78 is 4.78. The van der Waals surface area contributed by atoms with Gasteiger partial charge in [-0.05, 0) is 25.6 Å². The van der Waals surface area contributed by atoms with Crippen LogP contribution in [0.5, 0.6) is 0 Å². The van der Waals surface area contributed by atoms with E-state index in [1.165, 1.54) is 13.5 Å². The number of esters is 1. The van der Waals surface area contributed by atoms with Crippen molar-refractivity contribution < 1.29 is 9.53 Å². The Morgan fingerprint density at radius 1 is 1.60 bits per heavy atom. The minimum atomic E-state index is -0.563. The molecule has 0 aliphatic heterocycles. The van der Waals surface area contributed by atoms with Gasteiger partial charge in [-0.15, -0.1) is 0 Å². The smallest absolute Gasteiger partial charge is 0.326 e. The zero-order valence-electron chi connectivity index (χ0n) is 10.4. The van der Waals surface area contributed by atoms with Gasteiger partial charge in [-0.1, -0.05) is 20.3 Å². The monoisotopic (exact) mass is 233 g/mol. The molecule has 0 amide bonds. The third-order valence-electron chi connectivity index (χ3n) is 2.68. The number of ether oxygens (including phenoxy) is 1. The average molecular weight is 233 g/mol. The lowest BCUT2D eigenvalue weighted by atomic mass is 10.1. The van der Waals surface area contributed by atoms with Crippen LogP contribution in [0.4, 0.5) is 0 Å². The summed E-state index contributed by atoms with van der Waals surface area (Å²) in [5.41, 5.74) is -0.563. The summed E-state index contributed by atoms with van der Waals surface area (Å²) in [6.45, 7) is 6.28. The molecule has 0 aromatic heterocycles. The summed E-state index contributed by atoms with van der Waals surface area (Å²) >= 11 is 1.80. The van der Waals surface area contributed by atoms with Gasteiger partial charge in [-0.25, -0.2) is 0 Å². The van der Waals surface area contributed by atoms with Crippen LogP contribution in [0, 0.1) is 5.92 Å². The summed E-state index contributed by atoms with van der Waals surface area (Å²) in [5, 5.41) is 3.03. The van der Waals surface area contributed by atoms with E-state index >= 15 is 0 Å². The molecule has 3 nitrogen and oxygen atoms in total. The highest BCUT2D eigenvalue weighted by Gasteiger charge is 2.32. The van der Waals surface area contributed by atoms with E-state index in [0.29, 0.717) is 5.92 Å². The normalized spacial score (nSPS) is 16.9. The molecule has 2 atom stereocenters. The largest absolute Gasteiger partial charge is 0.468 e. The minimum absolute atomic E-state index is 0.193. The Labute approximate surface area is 97.3 Å². The second-order valence-electron chi connectivity index (χ2n) is 4.10. The quantitative estimate of drug-likeness (QED) is 0.682. The van der Waals surface area contributed by atoms with E-state index in [1.807, 2.05) is 6.92 Å². The van der Waals surface area contributed by atoms with Gasteiger partial charge >= 0.3 is 5.97 Å². The van der Waals surface area contributed by atoms with Gasteiger partial charge in [0.2, 0.25) is 0 Å². The second-order valence-corrected chi connectivity index (χ2v) is 5.13. The van der Waals surface area contributed by atoms with Crippen LogP contribution in [0.25, 0.3) is 0 Å². The Balaban J connectivity index is 4.04. The van der Waals surface area contributed by atoms with Gasteiger partial charge in [0.05, 0.1) is 7.11 Å². The standard InChI is InChI=1S/C11H23NO2S/c1-6-9(2)7-15-8-11(3,12-4)10(13)14-5/h9,12H,6-8H2,1-5H3. The van der Waals surface area contributed by atoms with E-state index in [4.69, 9.17) is 4.74 Å². The lowest BCUT2D eigenvalue weighted by Crippen LogP contribution is -2.50. The van der Waals surface area contributed by atoms with Crippen molar-refractivity contribution >= 4 is 17.7 Å². The highest BCUT2D eigenvalue weighted by atomic mass is 32.2. The molecular weight excluding hydrogens is 210 g/mol. The Bertz CT molecular complexity index is 199. The van der Waals surface area contributed by atoms with Gasteiger partial charge in [0, 0.05) is 5.75 Å². The highest BCUT2D eigenvalue weighted by Crippen LogP contribution is 2.18.